The summed E-state index contributed by atoms with van der Waals surface area (Å²) in [7, 11) is -3.55. The first-order valence-electron chi connectivity index (χ1n) is 10.1. The molecule has 7 heteroatoms. The number of sulfonamides is 1. The highest BCUT2D eigenvalue weighted by molar-refractivity contribution is 7.88. The molecule has 1 heterocycles. The van der Waals surface area contributed by atoms with Gasteiger partial charge in [-0.3, -0.25) is 4.90 Å². The fourth-order valence-corrected chi connectivity index (χ4v) is 5.02. The summed E-state index contributed by atoms with van der Waals surface area (Å²) in [5, 5.41) is 2.84. The fraction of sp³-hybridized carbons (Fsp3) is 0.409. The van der Waals surface area contributed by atoms with Crippen molar-refractivity contribution in [2.24, 2.45) is 0 Å². The third-order valence-electron chi connectivity index (χ3n) is 5.68. The minimum Gasteiger partial charge on any atom is -0.334 e. The van der Waals surface area contributed by atoms with Gasteiger partial charge < -0.3 is 5.32 Å². The summed E-state index contributed by atoms with van der Waals surface area (Å²) in [6, 6.07) is 17.9. The van der Waals surface area contributed by atoms with Gasteiger partial charge in [-0.1, -0.05) is 54.6 Å². The van der Waals surface area contributed by atoms with Crippen molar-refractivity contribution < 1.29 is 13.2 Å². The molecule has 1 saturated carbocycles. The zero-order chi connectivity index (χ0) is 20.5. The van der Waals surface area contributed by atoms with Gasteiger partial charge >= 0.3 is 6.03 Å². The topological polar surface area (TPSA) is 78.5 Å². The van der Waals surface area contributed by atoms with Crippen LogP contribution in [0.3, 0.4) is 0 Å². The van der Waals surface area contributed by atoms with Crippen molar-refractivity contribution in [2.75, 3.05) is 19.3 Å². The average molecular weight is 414 g/mol. The largest absolute Gasteiger partial charge is 0.334 e. The van der Waals surface area contributed by atoms with Crippen LogP contribution >= 0.6 is 0 Å². The lowest BCUT2D eigenvalue weighted by Gasteiger charge is -2.37. The van der Waals surface area contributed by atoms with Crippen LogP contribution in [0.2, 0.25) is 0 Å². The molecule has 2 aromatic carbocycles. The second kappa shape index (κ2) is 7.80. The molecule has 2 N–H and O–H groups in total. The van der Waals surface area contributed by atoms with E-state index in [1.807, 2.05) is 30.3 Å². The zero-order valence-corrected chi connectivity index (χ0v) is 17.4. The molecule has 0 spiro atoms. The Balaban J connectivity index is 1.59. The molecule has 1 unspecified atom stereocenters. The van der Waals surface area contributed by atoms with Crippen LogP contribution in [0.15, 0.2) is 54.6 Å². The second-order valence-electron chi connectivity index (χ2n) is 8.03. The first-order chi connectivity index (χ1) is 13.9. The van der Waals surface area contributed by atoms with E-state index in [1.54, 1.807) is 4.90 Å². The number of benzene rings is 2. The highest BCUT2D eigenvalue weighted by Crippen LogP contribution is 2.41. The van der Waals surface area contributed by atoms with Crippen LogP contribution in [0, 0.1) is 0 Å². The highest BCUT2D eigenvalue weighted by atomic mass is 32.2. The maximum atomic E-state index is 12.7. The third-order valence-corrected chi connectivity index (χ3v) is 6.39. The normalized spacial score (nSPS) is 22.0. The SMILES string of the molecule is CS(=O)(=O)NC1(c2ccc(C3CC3)cc2)CNC(=O)N1CCCc1ccccc1. The standard InChI is InChI=1S/C22H27N3O3S/c1-29(27,28)24-22(20-13-11-19(12-14-20)18-9-10-18)16-23-21(26)25(22)15-5-8-17-6-3-2-4-7-17/h2-4,6-7,11-14,18,24H,5,8-10,15-16H2,1H3,(H,23,26). The molecule has 2 amide bonds. The summed E-state index contributed by atoms with van der Waals surface area (Å²) < 4.78 is 27.2. The number of aryl methyl sites for hydroxylation is 1. The lowest BCUT2D eigenvalue weighted by molar-refractivity contribution is 0.145. The zero-order valence-electron chi connectivity index (χ0n) is 16.6. The van der Waals surface area contributed by atoms with Gasteiger partial charge in [0.15, 0.2) is 5.66 Å². The number of hydrogen-bond donors (Lipinski definition) is 2. The van der Waals surface area contributed by atoms with Crippen molar-refractivity contribution in [1.29, 1.82) is 0 Å². The Morgan fingerprint density at radius 1 is 1.10 bits per heavy atom. The predicted molar refractivity (Wildman–Crippen MR) is 113 cm³/mol. The van der Waals surface area contributed by atoms with E-state index < -0.39 is 15.7 Å². The predicted octanol–water partition coefficient (Wildman–Crippen LogP) is 2.92. The van der Waals surface area contributed by atoms with E-state index in [-0.39, 0.29) is 12.6 Å². The van der Waals surface area contributed by atoms with Crippen LogP contribution in [0.25, 0.3) is 0 Å². The number of hydrogen-bond acceptors (Lipinski definition) is 3. The van der Waals surface area contributed by atoms with Crippen molar-refractivity contribution in [3.05, 3.63) is 71.3 Å². The number of nitrogens with zero attached hydrogens (tertiary/aromatic N) is 1. The molecule has 2 aromatic rings. The van der Waals surface area contributed by atoms with E-state index >= 15 is 0 Å². The smallest absolute Gasteiger partial charge is 0.319 e. The number of rotatable bonds is 8. The van der Waals surface area contributed by atoms with E-state index in [2.05, 4.69) is 34.3 Å². The summed E-state index contributed by atoms with van der Waals surface area (Å²) in [6.45, 7) is 0.653. The minimum atomic E-state index is -3.55. The van der Waals surface area contributed by atoms with Gasteiger partial charge in [0.05, 0.1) is 12.8 Å². The average Bonchev–Trinajstić information content (AvgIpc) is 3.50. The van der Waals surface area contributed by atoms with Crippen LogP contribution in [0.4, 0.5) is 4.79 Å². The molecular formula is C22H27N3O3S. The Bertz CT molecular complexity index is 972. The Morgan fingerprint density at radius 2 is 1.79 bits per heavy atom. The van der Waals surface area contributed by atoms with Gasteiger partial charge in [0.25, 0.3) is 0 Å². The van der Waals surface area contributed by atoms with E-state index in [0.717, 1.165) is 24.7 Å². The molecule has 1 aliphatic carbocycles. The summed E-state index contributed by atoms with van der Waals surface area (Å²) in [5.41, 5.74) is 2.15. The van der Waals surface area contributed by atoms with Gasteiger partial charge in [0.1, 0.15) is 0 Å². The molecule has 1 aliphatic heterocycles. The molecule has 1 atom stereocenters. The van der Waals surface area contributed by atoms with Crippen molar-refractivity contribution in [3.8, 4) is 0 Å². The van der Waals surface area contributed by atoms with Crippen LogP contribution in [0.1, 0.15) is 41.9 Å². The van der Waals surface area contributed by atoms with Gasteiger partial charge in [-0.25, -0.2) is 13.2 Å². The summed E-state index contributed by atoms with van der Waals surface area (Å²) in [4.78, 5) is 14.3. The molecule has 1 saturated heterocycles. The second-order valence-corrected chi connectivity index (χ2v) is 9.78. The summed E-state index contributed by atoms with van der Waals surface area (Å²) >= 11 is 0. The molecule has 0 aromatic heterocycles. The van der Waals surface area contributed by atoms with Crippen LogP contribution in [0.5, 0.6) is 0 Å². The Labute approximate surface area is 172 Å². The molecule has 0 bridgehead atoms. The van der Waals surface area contributed by atoms with Crippen molar-refractivity contribution in [3.63, 3.8) is 0 Å². The van der Waals surface area contributed by atoms with E-state index in [4.69, 9.17) is 0 Å². The molecular weight excluding hydrogens is 386 g/mol. The lowest BCUT2D eigenvalue weighted by atomic mass is 9.97. The maximum absolute atomic E-state index is 12.7. The first-order valence-corrected chi connectivity index (χ1v) is 12.0. The van der Waals surface area contributed by atoms with E-state index in [0.29, 0.717) is 12.5 Å². The van der Waals surface area contributed by atoms with Crippen molar-refractivity contribution in [2.45, 2.75) is 37.3 Å². The molecule has 2 fully saturated rings. The van der Waals surface area contributed by atoms with Crippen molar-refractivity contribution in [1.82, 2.24) is 14.9 Å². The summed E-state index contributed by atoms with van der Waals surface area (Å²) in [6.07, 6.45) is 5.11. The third kappa shape index (κ3) is 4.46. The molecule has 0 radical (unpaired) electrons. The van der Waals surface area contributed by atoms with Crippen LogP contribution in [-0.4, -0.2) is 38.7 Å². The van der Waals surface area contributed by atoms with Crippen molar-refractivity contribution >= 4 is 16.1 Å². The Morgan fingerprint density at radius 3 is 2.41 bits per heavy atom. The van der Waals surface area contributed by atoms with Gasteiger partial charge in [0.2, 0.25) is 10.0 Å². The van der Waals surface area contributed by atoms with Gasteiger partial charge in [-0.2, -0.15) is 4.72 Å². The van der Waals surface area contributed by atoms with Crippen LogP contribution < -0.4 is 10.0 Å². The van der Waals surface area contributed by atoms with Gasteiger partial charge in [0, 0.05) is 6.54 Å². The number of urea groups is 1. The van der Waals surface area contributed by atoms with Gasteiger partial charge in [-0.05, 0) is 48.3 Å². The monoisotopic (exact) mass is 413 g/mol. The highest BCUT2D eigenvalue weighted by Gasteiger charge is 2.48. The first kappa shape index (κ1) is 19.9. The van der Waals surface area contributed by atoms with Crippen LogP contribution in [-0.2, 0) is 22.1 Å². The summed E-state index contributed by atoms with van der Waals surface area (Å²) in [5.74, 6) is 0.619. The molecule has 2 aliphatic rings. The van der Waals surface area contributed by atoms with Gasteiger partial charge in [-0.15, -0.1) is 0 Å². The minimum absolute atomic E-state index is 0.201. The number of carbonyl (C=O) groups is 1. The number of nitrogens with one attached hydrogen (secondary N) is 2. The number of carbonyl (C=O) groups excluding carboxylic acids is 1. The maximum Gasteiger partial charge on any atom is 0.319 e. The van der Waals surface area contributed by atoms with E-state index in [1.165, 1.54) is 24.0 Å². The Hall–Kier alpha value is -2.38. The van der Waals surface area contributed by atoms with E-state index in [9.17, 15) is 13.2 Å². The Kier molecular flexibility index (Phi) is 5.36. The lowest BCUT2D eigenvalue weighted by Crippen LogP contribution is -2.57. The fourth-order valence-electron chi connectivity index (χ4n) is 4.11. The molecule has 6 nitrogen and oxygen atoms in total. The quantitative estimate of drug-likeness (QED) is 0.698. The molecule has 29 heavy (non-hydrogen) atoms. The molecule has 154 valence electrons. The number of amides is 2. The molecule has 4 rings (SSSR count).